The number of esters is 2. The summed E-state index contributed by atoms with van der Waals surface area (Å²) in [6.07, 6.45) is 24.8. The van der Waals surface area contributed by atoms with Crippen LogP contribution in [-0.2, 0) is 22.3 Å². The molecule has 2 unspecified atom stereocenters. The molecule has 0 heterocycles. The van der Waals surface area contributed by atoms with Crippen LogP contribution in [0, 0.1) is 23.7 Å². The van der Waals surface area contributed by atoms with E-state index in [1.165, 1.54) is 82.6 Å². The van der Waals surface area contributed by atoms with Gasteiger partial charge in [-0.15, -0.1) is 0 Å². The third kappa shape index (κ3) is 19.4. The molecular weight excluding hydrogens is 592 g/mol. The summed E-state index contributed by atoms with van der Waals surface area (Å²) in [6, 6.07) is 4.01. The molecular formula is C44H78O4. The summed E-state index contributed by atoms with van der Waals surface area (Å²) in [5.41, 5.74) is 3.16. The number of unbranched alkanes of at least 4 members (excludes halogenated alkanes) is 10. The molecule has 278 valence electrons. The summed E-state index contributed by atoms with van der Waals surface area (Å²) in [5, 5.41) is 0. The highest BCUT2D eigenvalue weighted by Gasteiger charge is 2.28. The molecule has 0 saturated carbocycles. The summed E-state index contributed by atoms with van der Waals surface area (Å²) in [4.78, 5) is 27.7. The summed E-state index contributed by atoms with van der Waals surface area (Å²) < 4.78 is 11.9. The van der Waals surface area contributed by atoms with Gasteiger partial charge in [0, 0.05) is 0 Å². The molecule has 0 aliphatic rings. The van der Waals surface area contributed by atoms with Gasteiger partial charge in [-0.05, 0) is 66.5 Å². The van der Waals surface area contributed by atoms with Gasteiger partial charge in [-0.1, -0.05) is 177 Å². The molecule has 0 saturated heterocycles. The van der Waals surface area contributed by atoms with Crippen molar-refractivity contribution in [1.29, 1.82) is 0 Å². The number of ether oxygens (including phenoxy) is 2. The third-order valence-electron chi connectivity index (χ3n) is 10.2. The highest BCUT2D eigenvalue weighted by Crippen LogP contribution is 2.31. The van der Waals surface area contributed by atoms with E-state index in [1.807, 2.05) is 6.07 Å². The van der Waals surface area contributed by atoms with Crippen molar-refractivity contribution in [2.45, 2.75) is 197 Å². The first kappa shape index (κ1) is 44.2. The van der Waals surface area contributed by atoms with E-state index in [0.717, 1.165) is 81.6 Å². The van der Waals surface area contributed by atoms with Gasteiger partial charge < -0.3 is 9.47 Å². The van der Waals surface area contributed by atoms with Crippen LogP contribution < -0.4 is 0 Å². The molecule has 1 aromatic carbocycles. The van der Waals surface area contributed by atoms with E-state index < -0.39 is 0 Å². The van der Waals surface area contributed by atoms with Gasteiger partial charge in [0.1, 0.15) is 0 Å². The fraction of sp³-hybridized carbons (Fsp3) is 0.818. The quantitative estimate of drug-likeness (QED) is 0.0604. The van der Waals surface area contributed by atoms with Crippen LogP contribution in [0.1, 0.15) is 216 Å². The number of carbonyl (C=O) groups is 2. The van der Waals surface area contributed by atoms with Crippen molar-refractivity contribution >= 4 is 11.9 Å². The van der Waals surface area contributed by atoms with E-state index in [1.54, 1.807) is 0 Å². The fourth-order valence-electron chi connectivity index (χ4n) is 6.85. The zero-order valence-electron chi connectivity index (χ0n) is 33.1. The molecule has 4 nitrogen and oxygen atoms in total. The van der Waals surface area contributed by atoms with Crippen molar-refractivity contribution in [2.24, 2.45) is 23.7 Å². The van der Waals surface area contributed by atoms with Crippen LogP contribution in [0.5, 0.6) is 0 Å². The van der Waals surface area contributed by atoms with Gasteiger partial charge in [-0.2, -0.15) is 0 Å². The minimum Gasteiger partial charge on any atom is -0.462 e. The molecule has 0 spiro atoms. The Balaban J connectivity index is 3.24. The molecule has 0 aliphatic heterocycles. The molecule has 0 radical (unpaired) electrons. The minimum absolute atomic E-state index is 0.337. The van der Waals surface area contributed by atoms with E-state index in [4.69, 9.17) is 9.47 Å². The Labute approximate surface area is 298 Å². The molecule has 2 atom stereocenters. The van der Waals surface area contributed by atoms with Gasteiger partial charge >= 0.3 is 11.9 Å². The zero-order chi connectivity index (χ0) is 35.6. The lowest BCUT2D eigenvalue weighted by Gasteiger charge is -2.24. The Hall–Kier alpha value is -1.84. The van der Waals surface area contributed by atoms with Crippen molar-refractivity contribution < 1.29 is 19.1 Å². The van der Waals surface area contributed by atoms with E-state index in [0.29, 0.717) is 36.2 Å². The highest BCUT2D eigenvalue weighted by atomic mass is 16.5. The van der Waals surface area contributed by atoms with Gasteiger partial charge in [0.05, 0.1) is 24.3 Å². The smallest absolute Gasteiger partial charge is 0.339 e. The number of hydrogen-bond acceptors (Lipinski definition) is 4. The zero-order valence-corrected chi connectivity index (χ0v) is 33.1. The summed E-state index contributed by atoms with van der Waals surface area (Å²) in [7, 11) is 0. The lowest BCUT2D eigenvalue weighted by molar-refractivity contribution is 0.0448. The first-order valence-electron chi connectivity index (χ1n) is 20.7. The van der Waals surface area contributed by atoms with Crippen molar-refractivity contribution in [3.8, 4) is 0 Å². The second-order valence-corrected chi connectivity index (χ2v) is 15.5. The van der Waals surface area contributed by atoms with E-state index in [-0.39, 0.29) is 11.9 Å². The lowest BCUT2D eigenvalue weighted by atomic mass is 9.82. The molecule has 4 heteroatoms. The molecule has 0 aliphatic carbocycles. The summed E-state index contributed by atoms with van der Waals surface area (Å²) in [6.45, 7) is 19.0. The maximum atomic E-state index is 14.1. The topological polar surface area (TPSA) is 52.6 Å². The van der Waals surface area contributed by atoms with Gasteiger partial charge in [0.25, 0.3) is 0 Å². The maximum absolute atomic E-state index is 14.1. The molecule has 0 fully saturated rings. The van der Waals surface area contributed by atoms with Gasteiger partial charge in [0.2, 0.25) is 0 Å². The third-order valence-corrected chi connectivity index (χ3v) is 10.2. The summed E-state index contributed by atoms with van der Waals surface area (Å²) in [5.74, 6) is 1.84. The van der Waals surface area contributed by atoms with E-state index in [2.05, 4.69) is 61.5 Å². The van der Waals surface area contributed by atoms with Crippen LogP contribution >= 0.6 is 0 Å². The molecule has 48 heavy (non-hydrogen) atoms. The first-order valence-corrected chi connectivity index (χ1v) is 20.7. The lowest BCUT2D eigenvalue weighted by Crippen LogP contribution is -2.21. The predicted molar refractivity (Wildman–Crippen MR) is 206 cm³/mol. The van der Waals surface area contributed by atoms with Gasteiger partial charge in [-0.3, -0.25) is 0 Å². The standard InChI is InChI=1S/C44H78O4/c1-9-13-27-37(11-3)33-39-29-30-40(43(45)47-31-23-19-15-17-21-25-35(5)6)42(41(39)34-38(12-4)28-14-10-2)44(46)48-32-24-20-16-18-22-26-36(7)8/h29-30,35-38H,9-28,31-34H2,1-8H3. The average molecular weight is 671 g/mol. The van der Waals surface area contributed by atoms with E-state index >= 15 is 0 Å². The van der Waals surface area contributed by atoms with Crippen molar-refractivity contribution in [1.82, 2.24) is 0 Å². The molecule has 0 amide bonds. The van der Waals surface area contributed by atoms with Crippen LogP contribution in [0.15, 0.2) is 12.1 Å². The SMILES string of the molecule is CCCCC(CC)Cc1ccc(C(=O)OCCCCCCCC(C)C)c(C(=O)OCCCCCCCC(C)C)c1CC(CC)CCCC. The number of rotatable bonds is 30. The molecule has 1 rings (SSSR count). The number of benzene rings is 1. The molecule has 0 aromatic heterocycles. The highest BCUT2D eigenvalue weighted by molar-refractivity contribution is 6.04. The normalized spacial score (nSPS) is 12.9. The number of carbonyl (C=O) groups excluding carboxylic acids is 2. The Kier molecular flexibility index (Phi) is 25.7. The van der Waals surface area contributed by atoms with Crippen LogP contribution in [-0.4, -0.2) is 25.2 Å². The predicted octanol–water partition coefficient (Wildman–Crippen LogP) is 13.5. The van der Waals surface area contributed by atoms with Crippen molar-refractivity contribution in [2.75, 3.05) is 13.2 Å². The minimum atomic E-state index is -0.376. The van der Waals surface area contributed by atoms with Crippen LogP contribution in [0.3, 0.4) is 0 Å². The van der Waals surface area contributed by atoms with Crippen LogP contribution in [0.25, 0.3) is 0 Å². The Morgan fingerprint density at radius 2 is 1.00 bits per heavy atom. The van der Waals surface area contributed by atoms with Crippen molar-refractivity contribution in [3.05, 3.63) is 34.4 Å². The first-order chi connectivity index (χ1) is 23.2. The van der Waals surface area contributed by atoms with Gasteiger partial charge in [-0.25, -0.2) is 9.59 Å². The second kappa shape index (κ2) is 27.9. The molecule has 1 aromatic rings. The Bertz CT molecular complexity index is 965. The Morgan fingerprint density at radius 1 is 0.542 bits per heavy atom. The van der Waals surface area contributed by atoms with Crippen LogP contribution in [0.2, 0.25) is 0 Å². The molecule has 0 bridgehead atoms. The largest absolute Gasteiger partial charge is 0.462 e. The fourth-order valence-corrected chi connectivity index (χ4v) is 6.85. The van der Waals surface area contributed by atoms with Crippen LogP contribution in [0.4, 0.5) is 0 Å². The van der Waals surface area contributed by atoms with Gasteiger partial charge in [0.15, 0.2) is 0 Å². The molecule has 0 N–H and O–H groups in total. The average Bonchev–Trinajstić information content (AvgIpc) is 3.06. The Morgan fingerprint density at radius 3 is 1.48 bits per heavy atom. The second-order valence-electron chi connectivity index (χ2n) is 15.5. The number of hydrogen-bond donors (Lipinski definition) is 0. The van der Waals surface area contributed by atoms with E-state index in [9.17, 15) is 9.59 Å². The maximum Gasteiger partial charge on any atom is 0.339 e. The monoisotopic (exact) mass is 671 g/mol. The van der Waals surface area contributed by atoms with Crippen molar-refractivity contribution in [3.63, 3.8) is 0 Å². The summed E-state index contributed by atoms with van der Waals surface area (Å²) >= 11 is 0.